The molecule has 194 valence electrons. The monoisotopic (exact) mass is 522 g/mol. The van der Waals surface area contributed by atoms with Crippen LogP contribution in [0.3, 0.4) is 0 Å². The number of aromatic nitrogens is 3. The Labute approximate surface area is 221 Å². The van der Waals surface area contributed by atoms with Gasteiger partial charge in [0.2, 0.25) is 5.95 Å². The number of hydrogen-bond acceptors (Lipinski definition) is 7. The number of carbonyl (C=O) groups excluding carboxylic acids is 2. The van der Waals surface area contributed by atoms with Crippen molar-refractivity contribution in [2.24, 2.45) is 0 Å². The average Bonchev–Trinajstić information content (AvgIpc) is 3.50. The second kappa shape index (κ2) is 11.4. The van der Waals surface area contributed by atoms with E-state index < -0.39 is 0 Å². The molecule has 0 saturated carbocycles. The zero-order valence-corrected chi connectivity index (χ0v) is 21.7. The van der Waals surface area contributed by atoms with Crippen LogP contribution in [0.1, 0.15) is 34.5 Å². The number of carbonyl (C=O) groups is 2. The Kier molecular flexibility index (Phi) is 7.83. The largest absolute Gasteiger partial charge is 0.381 e. The zero-order valence-electron chi connectivity index (χ0n) is 20.9. The van der Waals surface area contributed by atoms with E-state index in [0.29, 0.717) is 28.8 Å². The molecule has 1 saturated heterocycles. The predicted molar refractivity (Wildman–Crippen MR) is 142 cm³/mol. The number of amides is 1. The van der Waals surface area contributed by atoms with Crippen molar-refractivity contribution in [1.29, 1.82) is 0 Å². The summed E-state index contributed by atoms with van der Waals surface area (Å²) in [5, 5.41) is 3.75. The lowest BCUT2D eigenvalue weighted by atomic mass is 10.0. The number of aldehydes is 1. The summed E-state index contributed by atoms with van der Waals surface area (Å²) in [5.41, 5.74) is 4.25. The highest BCUT2D eigenvalue weighted by molar-refractivity contribution is 6.33. The van der Waals surface area contributed by atoms with Crippen molar-refractivity contribution in [1.82, 2.24) is 24.3 Å². The van der Waals surface area contributed by atoms with Crippen LogP contribution in [-0.2, 0) is 29.2 Å². The SMILES string of the molecule is CN1CCn2cccc2C1.O=CCN1Cc2ccc(-c3nc(NC4CCOCC4)ncc3Cl)cc2C1=O. The van der Waals surface area contributed by atoms with Gasteiger partial charge in [-0.05, 0) is 43.7 Å². The van der Waals surface area contributed by atoms with Crippen LogP contribution in [0.25, 0.3) is 11.3 Å². The second-order valence-corrected chi connectivity index (χ2v) is 9.98. The normalized spacial score (nSPS) is 17.6. The summed E-state index contributed by atoms with van der Waals surface area (Å²) < 4.78 is 7.69. The van der Waals surface area contributed by atoms with Crippen molar-refractivity contribution in [3.8, 4) is 11.3 Å². The van der Waals surface area contributed by atoms with Crippen molar-refractivity contribution in [2.75, 3.05) is 38.7 Å². The lowest BCUT2D eigenvalue weighted by molar-refractivity contribution is -0.108. The van der Waals surface area contributed by atoms with E-state index in [9.17, 15) is 9.59 Å². The molecule has 0 aliphatic carbocycles. The molecule has 0 spiro atoms. The molecule has 0 radical (unpaired) electrons. The lowest BCUT2D eigenvalue weighted by Crippen LogP contribution is -2.29. The van der Waals surface area contributed by atoms with Crippen molar-refractivity contribution in [3.05, 3.63) is 64.6 Å². The molecule has 0 atom stereocenters. The number of nitrogens with zero attached hydrogens (tertiary/aromatic N) is 5. The fourth-order valence-corrected chi connectivity index (χ4v) is 5.05. The summed E-state index contributed by atoms with van der Waals surface area (Å²) in [5.74, 6) is 0.361. The van der Waals surface area contributed by atoms with Gasteiger partial charge in [-0.3, -0.25) is 9.69 Å². The van der Waals surface area contributed by atoms with Crippen LogP contribution in [0, 0.1) is 0 Å². The molecule has 5 heterocycles. The maximum atomic E-state index is 12.5. The summed E-state index contributed by atoms with van der Waals surface area (Å²) in [4.78, 5) is 35.9. The molecule has 1 amide bonds. The van der Waals surface area contributed by atoms with Crippen LogP contribution in [0.5, 0.6) is 0 Å². The van der Waals surface area contributed by atoms with Gasteiger partial charge in [0, 0.05) is 68.5 Å². The van der Waals surface area contributed by atoms with Crippen molar-refractivity contribution in [3.63, 3.8) is 0 Å². The van der Waals surface area contributed by atoms with Gasteiger partial charge in [-0.15, -0.1) is 0 Å². The van der Waals surface area contributed by atoms with Crippen LogP contribution >= 0.6 is 11.6 Å². The van der Waals surface area contributed by atoms with Gasteiger partial charge in [-0.1, -0.05) is 23.7 Å². The number of nitrogens with one attached hydrogen (secondary N) is 1. The molecular formula is C27H31ClN6O3. The minimum Gasteiger partial charge on any atom is -0.381 e. The Balaban J connectivity index is 0.000000233. The highest BCUT2D eigenvalue weighted by atomic mass is 35.5. The maximum Gasteiger partial charge on any atom is 0.254 e. The molecule has 1 aromatic carbocycles. The van der Waals surface area contributed by atoms with Crippen LogP contribution < -0.4 is 5.32 Å². The first-order valence-electron chi connectivity index (χ1n) is 12.6. The fraction of sp³-hybridized carbons (Fsp3) is 0.407. The third-order valence-corrected chi connectivity index (χ3v) is 7.21. The van der Waals surface area contributed by atoms with E-state index in [1.807, 2.05) is 12.1 Å². The summed E-state index contributed by atoms with van der Waals surface area (Å²) >= 11 is 6.32. The molecule has 9 nitrogen and oxygen atoms in total. The van der Waals surface area contributed by atoms with Gasteiger partial charge in [-0.2, -0.15) is 0 Å². The summed E-state index contributed by atoms with van der Waals surface area (Å²) in [7, 11) is 2.16. The number of rotatable bonds is 5. The number of halogens is 1. The number of fused-ring (bicyclic) bond motifs is 2. The molecular weight excluding hydrogens is 492 g/mol. The number of anilines is 1. The first-order chi connectivity index (χ1) is 18.0. The molecule has 0 unspecified atom stereocenters. The van der Waals surface area contributed by atoms with E-state index in [1.165, 1.54) is 17.1 Å². The average molecular weight is 523 g/mol. The molecule has 10 heteroatoms. The number of benzene rings is 1. The Morgan fingerprint density at radius 1 is 1.19 bits per heavy atom. The maximum absolute atomic E-state index is 12.5. The molecule has 3 aliphatic rings. The summed E-state index contributed by atoms with van der Waals surface area (Å²) in [6, 6.07) is 10.1. The van der Waals surface area contributed by atoms with Crippen molar-refractivity contribution in [2.45, 2.75) is 38.5 Å². The highest BCUT2D eigenvalue weighted by Gasteiger charge is 2.27. The van der Waals surface area contributed by atoms with Crippen molar-refractivity contribution >= 4 is 29.7 Å². The van der Waals surface area contributed by atoms with Gasteiger partial charge in [0.05, 0.1) is 23.5 Å². The summed E-state index contributed by atoms with van der Waals surface area (Å²) in [6.07, 6.45) is 6.27. The molecule has 6 rings (SSSR count). The van der Waals surface area contributed by atoms with Gasteiger partial charge in [0.25, 0.3) is 5.91 Å². The smallest absolute Gasteiger partial charge is 0.254 e. The second-order valence-electron chi connectivity index (χ2n) is 9.58. The van der Waals surface area contributed by atoms with E-state index in [0.717, 1.165) is 56.6 Å². The first kappa shape index (κ1) is 25.4. The first-order valence-corrected chi connectivity index (χ1v) is 12.9. The Hall–Kier alpha value is -3.27. The Bertz CT molecular complexity index is 1270. The van der Waals surface area contributed by atoms with E-state index in [-0.39, 0.29) is 18.5 Å². The van der Waals surface area contributed by atoms with E-state index in [1.54, 1.807) is 12.3 Å². The molecule has 3 aliphatic heterocycles. The van der Waals surface area contributed by atoms with Crippen LogP contribution in [0.2, 0.25) is 5.02 Å². The quantitative estimate of drug-likeness (QED) is 0.513. The van der Waals surface area contributed by atoms with Gasteiger partial charge in [-0.25, -0.2) is 9.97 Å². The number of likely N-dealkylation sites (N-methyl/N-ethyl adjacent to an activating group) is 1. The fourth-order valence-electron chi connectivity index (χ4n) is 4.85. The minimum absolute atomic E-state index is 0.0935. The Morgan fingerprint density at radius 2 is 2.03 bits per heavy atom. The van der Waals surface area contributed by atoms with E-state index >= 15 is 0 Å². The third-order valence-electron chi connectivity index (χ3n) is 6.93. The topological polar surface area (TPSA) is 92.6 Å². The summed E-state index contributed by atoms with van der Waals surface area (Å²) in [6.45, 7) is 5.43. The lowest BCUT2D eigenvalue weighted by Gasteiger charge is -2.24. The molecule has 1 fully saturated rings. The molecule has 3 aromatic rings. The van der Waals surface area contributed by atoms with Crippen LogP contribution in [-0.4, -0.2) is 75.9 Å². The van der Waals surface area contributed by atoms with E-state index in [2.05, 4.69) is 50.1 Å². The van der Waals surface area contributed by atoms with E-state index in [4.69, 9.17) is 16.3 Å². The molecule has 37 heavy (non-hydrogen) atoms. The number of hydrogen-bond donors (Lipinski definition) is 1. The predicted octanol–water partition coefficient (Wildman–Crippen LogP) is 3.48. The molecule has 2 aromatic heterocycles. The van der Waals surface area contributed by atoms with Gasteiger partial charge < -0.3 is 24.3 Å². The Morgan fingerprint density at radius 3 is 2.84 bits per heavy atom. The van der Waals surface area contributed by atoms with Crippen LogP contribution in [0.4, 0.5) is 5.95 Å². The van der Waals surface area contributed by atoms with Gasteiger partial charge in [0.15, 0.2) is 0 Å². The molecule has 1 N–H and O–H groups in total. The third kappa shape index (κ3) is 5.84. The van der Waals surface area contributed by atoms with Gasteiger partial charge in [0.1, 0.15) is 6.29 Å². The highest BCUT2D eigenvalue weighted by Crippen LogP contribution is 2.31. The van der Waals surface area contributed by atoms with Gasteiger partial charge >= 0.3 is 0 Å². The van der Waals surface area contributed by atoms with Crippen LogP contribution in [0.15, 0.2) is 42.7 Å². The zero-order chi connectivity index (χ0) is 25.8. The van der Waals surface area contributed by atoms with Crippen molar-refractivity contribution < 1.29 is 14.3 Å². The standard InChI is InChI=1S/C19H19ClN4O3.C8H12N2/c20-16-10-21-19(22-14-3-7-27-8-4-14)23-17(16)12-1-2-13-11-24(5-6-25)18(26)15(13)9-12;1-9-5-6-10-4-2-3-8(10)7-9/h1-2,6,9-10,14H,3-5,7-8,11H2,(H,21,22,23);2-4H,5-7H2,1H3. The minimum atomic E-state index is -0.148. The molecule has 0 bridgehead atoms. The number of ether oxygens (including phenoxy) is 1.